The number of benzene rings is 1. The van der Waals surface area contributed by atoms with Crippen LogP contribution in [-0.2, 0) is 6.54 Å². The maximum Gasteiger partial charge on any atom is 0.317 e. The van der Waals surface area contributed by atoms with Gasteiger partial charge in [-0.2, -0.15) is 0 Å². The summed E-state index contributed by atoms with van der Waals surface area (Å²) in [6.45, 7) is 0.776. The van der Waals surface area contributed by atoms with Crippen LogP contribution in [0, 0.1) is 0 Å². The summed E-state index contributed by atoms with van der Waals surface area (Å²) in [7, 11) is 0. The predicted molar refractivity (Wildman–Crippen MR) is 47.1 cm³/mol. The number of nitrogens with two attached hydrogens (primary N) is 1. The molecule has 1 heterocycles. The Kier molecular flexibility index (Phi) is 1.81. The second-order valence-electron chi connectivity index (χ2n) is 2.92. The number of urea groups is 1. The molecule has 4 nitrogen and oxygen atoms in total. The Morgan fingerprint density at radius 2 is 2.23 bits per heavy atom. The monoisotopic (exact) mass is 178 g/mol. The Balaban J connectivity index is 2.24. The standard InChI is InChI=1S/C9H10N2O2/c10-9(12)11-5-7-3-1-2-4-8(7)13-6-11/h1-4H,5-6H2,(H2,10,12). The first kappa shape index (κ1) is 7.91. The zero-order valence-electron chi connectivity index (χ0n) is 7.06. The van der Waals surface area contributed by atoms with E-state index >= 15 is 0 Å². The fraction of sp³-hybridized carbons (Fsp3) is 0.222. The average Bonchev–Trinajstić information content (AvgIpc) is 2.17. The number of hydrogen-bond acceptors (Lipinski definition) is 2. The molecule has 1 aliphatic heterocycles. The highest BCUT2D eigenvalue weighted by Gasteiger charge is 2.18. The normalized spacial score (nSPS) is 14.6. The summed E-state index contributed by atoms with van der Waals surface area (Å²) in [5.41, 5.74) is 6.12. The third-order valence-corrected chi connectivity index (χ3v) is 2.02. The van der Waals surface area contributed by atoms with Crippen LogP contribution >= 0.6 is 0 Å². The summed E-state index contributed by atoms with van der Waals surface area (Å²) in [5, 5.41) is 0. The smallest absolute Gasteiger partial charge is 0.317 e. The highest BCUT2D eigenvalue weighted by atomic mass is 16.5. The van der Waals surface area contributed by atoms with E-state index in [9.17, 15) is 4.79 Å². The minimum Gasteiger partial charge on any atom is -0.473 e. The van der Waals surface area contributed by atoms with Crippen molar-refractivity contribution in [3.05, 3.63) is 29.8 Å². The van der Waals surface area contributed by atoms with Gasteiger partial charge in [0.25, 0.3) is 0 Å². The van der Waals surface area contributed by atoms with Crippen LogP contribution < -0.4 is 10.5 Å². The van der Waals surface area contributed by atoms with E-state index in [0.29, 0.717) is 6.54 Å². The Morgan fingerprint density at radius 3 is 3.00 bits per heavy atom. The lowest BCUT2D eigenvalue weighted by molar-refractivity contribution is 0.119. The van der Waals surface area contributed by atoms with E-state index in [2.05, 4.69) is 0 Å². The molecule has 0 unspecified atom stereocenters. The molecule has 0 aliphatic carbocycles. The Bertz CT molecular complexity index is 338. The highest BCUT2D eigenvalue weighted by Crippen LogP contribution is 2.23. The molecule has 0 fully saturated rings. The van der Waals surface area contributed by atoms with Crippen molar-refractivity contribution in [1.29, 1.82) is 0 Å². The van der Waals surface area contributed by atoms with Crippen molar-refractivity contribution in [3.8, 4) is 5.75 Å². The molecule has 1 aromatic rings. The SMILES string of the molecule is NC(=O)N1COc2ccccc2C1. The number of fused-ring (bicyclic) bond motifs is 1. The second-order valence-corrected chi connectivity index (χ2v) is 2.92. The van der Waals surface area contributed by atoms with E-state index in [1.165, 1.54) is 4.90 Å². The van der Waals surface area contributed by atoms with Gasteiger partial charge in [-0.1, -0.05) is 18.2 Å². The summed E-state index contributed by atoms with van der Waals surface area (Å²) >= 11 is 0. The van der Waals surface area contributed by atoms with Gasteiger partial charge in [0.1, 0.15) is 5.75 Å². The van der Waals surface area contributed by atoms with Gasteiger partial charge in [0, 0.05) is 5.56 Å². The molecule has 4 heteroatoms. The number of carbonyl (C=O) groups excluding carboxylic acids is 1. The van der Waals surface area contributed by atoms with Crippen molar-refractivity contribution in [2.24, 2.45) is 5.73 Å². The molecule has 0 aromatic heterocycles. The Hall–Kier alpha value is -1.71. The quantitative estimate of drug-likeness (QED) is 0.642. The number of primary amides is 1. The fourth-order valence-corrected chi connectivity index (χ4v) is 1.32. The Labute approximate surface area is 75.9 Å². The van der Waals surface area contributed by atoms with Gasteiger partial charge in [0.05, 0.1) is 6.54 Å². The average molecular weight is 178 g/mol. The summed E-state index contributed by atoms with van der Waals surface area (Å²) in [5.74, 6) is 0.833. The minimum atomic E-state index is -0.450. The number of para-hydroxylation sites is 1. The van der Waals surface area contributed by atoms with Crippen LogP contribution in [0.4, 0.5) is 4.79 Å². The van der Waals surface area contributed by atoms with E-state index in [4.69, 9.17) is 10.5 Å². The molecule has 68 valence electrons. The van der Waals surface area contributed by atoms with E-state index < -0.39 is 6.03 Å². The maximum atomic E-state index is 10.8. The second kappa shape index (κ2) is 2.97. The van der Waals surface area contributed by atoms with Gasteiger partial charge in [0.2, 0.25) is 0 Å². The van der Waals surface area contributed by atoms with Crippen molar-refractivity contribution >= 4 is 6.03 Å². The molecular weight excluding hydrogens is 168 g/mol. The molecule has 0 bridgehead atoms. The summed E-state index contributed by atoms with van der Waals surface area (Å²) in [6.07, 6.45) is 0. The summed E-state index contributed by atoms with van der Waals surface area (Å²) in [6, 6.07) is 7.17. The van der Waals surface area contributed by atoms with Gasteiger partial charge in [-0.25, -0.2) is 4.79 Å². The predicted octanol–water partition coefficient (Wildman–Crippen LogP) is 0.917. The summed E-state index contributed by atoms with van der Waals surface area (Å²) < 4.78 is 5.32. The lowest BCUT2D eigenvalue weighted by atomic mass is 10.2. The lowest BCUT2D eigenvalue weighted by Crippen LogP contribution is -2.40. The van der Waals surface area contributed by atoms with E-state index in [1.807, 2.05) is 24.3 Å². The van der Waals surface area contributed by atoms with Crippen molar-refractivity contribution in [2.75, 3.05) is 6.73 Å². The van der Waals surface area contributed by atoms with Crippen molar-refractivity contribution in [3.63, 3.8) is 0 Å². The first-order valence-electron chi connectivity index (χ1n) is 4.02. The van der Waals surface area contributed by atoms with Crippen LogP contribution in [0.2, 0.25) is 0 Å². The van der Waals surface area contributed by atoms with E-state index in [1.54, 1.807) is 0 Å². The molecule has 1 aliphatic rings. The van der Waals surface area contributed by atoms with Crippen LogP contribution in [0.15, 0.2) is 24.3 Å². The topological polar surface area (TPSA) is 55.6 Å². The largest absolute Gasteiger partial charge is 0.473 e. The van der Waals surface area contributed by atoms with E-state index in [0.717, 1.165) is 11.3 Å². The lowest BCUT2D eigenvalue weighted by Gasteiger charge is -2.27. The first-order chi connectivity index (χ1) is 6.27. The molecule has 13 heavy (non-hydrogen) atoms. The van der Waals surface area contributed by atoms with Crippen molar-refractivity contribution in [2.45, 2.75) is 6.54 Å². The van der Waals surface area contributed by atoms with Crippen LogP contribution in [0.25, 0.3) is 0 Å². The molecule has 0 atom stereocenters. The van der Waals surface area contributed by atoms with Gasteiger partial charge < -0.3 is 10.5 Å². The number of rotatable bonds is 0. The van der Waals surface area contributed by atoms with Crippen LogP contribution in [-0.4, -0.2) is 17.7 Å². The third kappa shape index (κ3) is 1.42. The van der Waals surface area contributed by atoms with E-state index in [-0.39, 0.29) is 6.73 Å². The maximum absolute atomic E-state index is 10.8. The first-order valence-corrected chi connectivity index (χ1v) is 4.02. The van der Waals surface area contributed by atoms with Gasteiger partial charge in [-0.15, -0.1) is 0 Å². The van der Waals surface area contributed by atoms with Crippen LogP contribution in [0.1, 0.15) is 5.56 Å². The molecule has 0 spiro atoms. The number of carbonyl (C=O) groups is 1. The molecule has 2 rings (SSSR count). The van der Waals surface area contributed by atoms with Crippen LogP contribution in [0.3, 0.4) is 0 Å². The molecule has 0 saturated carbocycles. The van der Waals surface area contributed by atoms with Gasteiger partial charge in [0.15, 0.2) is 6.73 Å². The highest BCUT2D eigenvalue weighted by molar-refractivity contribution is 5.72. The number of amides is 2. The number of ether oxygens (including phenoxy) is 1. The third-order valence-electron chi connectivity index (χ3n) is 2.02. The zero-order valence-corrected chi connectivity index (χ0v) is 7.06. The van der Waals surface area contributed by atoms with Crippen LogP contribution in [0.5, 0.6) is 5.75 Å². The molecule has 0 radical (unpaired) electrons. The van der Waals surface area contributed by atoms with Gasteiger partial charge >= 0.3 is 6.03 Å². The fourth-order valence-electron chi connectivity index (χ4n) is 1.32. The number of nitrogens with zero attached hydrogens (tertiary/aromatic N) is 1. The summed E-state index contributed by atoms with van der Waals surface area (Å²) in [4.78, 5) is 12.3. The molecule has 0 saturated heterocycles. The molecular formula is C9H10N2O2. The molecule has 2 N–H and O–H groups in total. The van der Waals surface area contributed by atoms with Crippen molar-refractivity contribution in [1.82, 2.24) is 4.90 Å². The number of hydrogen-bond donors (Lipinski definition) is 1. The molecule has 1 aromatic carbocycles. The minimum absolute atomic E-state index is 0.242. The Morgan fingerprint density at radius 1 is 1.46 bits per heavy atom. The van der Waals surface area contributed by atoms with Crippen molar-refractivity contribution < 1.29 is 9.53 Å². The van der Waals surface area contributed by atoms with Gasteiger partial charge in [-0.05, 0) is 6.07 Å². The zero-order chi connectivity index (χ0) is 9.26. The van der Waals surface area contributed by atoms with Gasteiger partial charge in [-0.3, -0.25) is 4.90 Å². The molecule has 2 amide bonds.